The number of nitrogens with one attached hydrogen (secondary N) is 1. The van der Waals surface area contributed by atoms with E-state index in [0.717, 1.165) is 19.3 Å². The predicted molar refractivity (Wildman–Crippen MR) is 82.2 cm³/mol. The number of hydrogen-bond donors (Lipinski definition) is 1. The fourth-order valence-corrected chi connectivity index (χ4v) is 1.78. The van der Waals surface area contributed by atoms with Gasteiger partial charge in [0, 0.05) is 25.8 Å². The third kappa shape index (κ3) is 6.04. The molecule has 0 saturated heterocycles. The quantitative estimate of drug-likeness (QED) is 0.674. The minimum absolute atomic E-state index is 0.121. The first-order valence-corrected chi connectivity index (χ1v) is 7.30. The summed E-state index contributed by atoms with van der Waals surface area (Å²) in [6.45, 7) is 3.98. The van der Waals surface area contributed by atoms with Crippen molar-refractivity contribution in [2.45, 2.75) is 26.2 Å². The molecular weight excluding hydrogens is 270 g/mol. The Kier molecular flexibility index (Phi) is 8.28. The largest absolute Gasteiger partial charge is 0.493 e. The zero-order chi connectivity index (χ0) is 15.5. The molecule has 1 aromatic carbocycles. The van der Waals surface area contributed by atoms with Crippen molar-refractivity contribution < 1.29 is 19.0 Å². The van der Waals surface area contributed by atoms with Gasteiger partial charge < -0.3 is 19.5 Å². The summed E-state index contributed by atoms with van der Waals surface area (Å²) in [7, 11) is 3.21. The highest BCUT2D eigenvalue weighted by Gasteiger charge is 2.10. The first kappa shape index (κ1) is 17.3. The normalized spacial score (nSPS) is 10.2. The average molecular weight is 295 g/mol. The van der Waals surface area contributed by atoms with Crippen LogP contribution in [0.15, 0.2) is 18.2 Å². The van der Waals surface area contributed by atoms with E-state index in [1.54, 1.807) is 32.4 Å². The Labute approximate surface area is 126 Å². The molecule has 21 heavy (non-hydrogen) atoms. The molecule has 1 amide bonds. The molecule has 1 rings (SSSR count). The van der Waals surface area contributed by atoms with Gasteiger partial charge in [0.05, 0.1) is 13.7 Å². The van der Waals surface area contributed by atoms with Gasteiger partial charge in [-0.3, -0.25) is 4.79 Å². The van der Waals surface area contributed by atoms with Crippen molar-refractivity contribution in [1.29, 1.82) is 0 Å². The predicted octanol–water partition coefficient (Wildman–Crippen LogP) is 2.64. The molecule has 1 N–H and O–H groups in total. The Bertz CT molecular complexity index is 434. The van der Waals surface area contributed by atoms with Crippen LogP contribution in [0.25, 0.3) is 0 Å². The Hall–Kier alpha value is -1.75. The zero-order valence-electron chi connectivity index (χ0n) is 13.1. The van der Waals surface area contributed by atoms with Crippen LogP contribution in [0.3, 0.4) is 0 Å². The van der Waals surface area contributed by atoms with Gasteiger partial charge in [0.15, 0.2) is 11.5 Å². The number of unbranched alkanes of at least 4 members (excludes halogenated alkanes) is 1. The summed E-state index contributed by atoms with van der Waals surface area (Å²) in [5, 5.41) is 2.84. The van der Waals surface area contributed by atoms with E-state index in [9.17, 15) is 4.79 Å². The summed E-state index contributed by atoms with van der Waals surface area (Å²) in [5.74, 6) is 1.13. The van der Waals surface area contributed by atoms with Gasteiger partial charge in [-0.1, -0.05) is 13.3 Å². The summed E-state index contributed by atoms with van der Waals surface area (Å²) in [5.41, 5.74) is 0.562. The van der Waals surface area contributed by atoms with Crippen LogP contribution in [-0.4, -0.2) is 39.9 Å². The number of benzene rings is 1. The molecule has 0 aliphatic carbocycles. The van der Waals surface area contributed by atoms with Crippen molar-refractivity contribution in [3.05, 3.63) is 23.8 Å². The number of hydrogen-bond acceptors (Lipinski definition) is 4. The molecule has 0 aliphatic heterocycles. The lowest BCUT2D eigenvalue weighted by molar-refractivity contribution is 0.0948. The number of ether oxygens (including phenoxy) is 3. The summed E-state index contributed by atoms with van der Waals surface area (Å²) in [4.78, 5) is 12.0. The number of amides is 1. The molecular formula is C16H25NO4. The lowest BCUT2D eigenvalue weighted by Gasteiger charge is -2.12. The lowest BCUT2D eigenvalue weighted by atomic mass is 10.2. The molecule has 0 aliphatic rings. The van der Waals surface area contributed by atoms with Crippen molar-refractivity contribution in [1.82, 2.24) is 5.32 Å². The zero-order valence-corrected chi connectivity index (χ0v) is 13.1. The maximum Gasteiger partial charge on any atom is 0.251 e. The Morgan fingerprint density at radius 1 is 1.14 bits per heavy atom. The smallest absolute Gasteiger partial charge is 0.251 e. The standard InChI is InChI=1S/C16H25NO4/c1-4-5-11-21-14-8-7-13(12-15(14)20-3)16(18)17-9-6-10-19-2/h7-8,12H,4-6,9-11H2,1-3H3,(H,17,18). The first-order chi connectivity index (χ1) is 10.2. The second kappa shape index (κ2) is 10.0. The van der Waals surface area contributed by atoms with Gasteiger partial charge in [0.25, 0.3) is 5.91 Å². The molecule has 0 spiro atoms. The highest BCUT2D eigenvalue weighted by atomic mass is 16.5. The number of carbonyl (C=O) groups excluding carboxylic acids is 1. The molecule has 118 valence electrons. The minimum atomic E-state index is -0.121. The molecule has 5 heteroatoms. The summed E-state index contributed by atoms with van der Waals surface area (Å²) < 4.78 is 15.9. The molecule has 0 unspecified atom stereocenters. The van der Waals surface area contributed by atoms with Crippen LogP contribution in [0.1, 0.15) is 36.5 Å². The average Bonchev–Trinajstić information content (AvgIpc) is 2.51. The second-order valence-corrected chi connectivity index (χ2v) is 4.67. The van der Waals surface area contributed by atoms with Crippen LogP contribution in [0.2, 0.25) is 0 Å². The Morgan fingerprint density at radius 3 is 2.62 bits per heavy atom. The van der Waals surface area contributed by atoms with E-state index >= 15 is 0 Å². The third-order valence-electron chi connectivity index (χ3n) is 2.99. The molecule has 0 saturated carbocycles. The Balaban J connectivity index is 2.61. The van der Waals surface area contributed by atoms with Crippen LogP contribution in [0.5, 0.6) is 11.5 Å². The molecule has 5 nitrogen and oxygen atoms in total. The highest BCUT2D eigenvalue weighted by Crippen LogP contribution is 2.28. The maximum absolute atomic E-state index is 12.0. The lowest BCUT2D eigenvalue weighted by Crippen LogP contribution is -2.25. The van der Waals surface area contributed by atoms with Crippen LogP contribution >= 0.6 is 0 Å². The van der Waals surface area contributed by atoms with Crippen molar-refractivity contribution in [3.8, 4) is 11.5 Å². The van der Waals surface area contributed by atoms with Crippen LogP contribution < -0.4 is 14.8 Å². The third-order valence-corrected chi connectivity index (χ3v) is 2.99. The fourth-order valence-electron chi connectivity index (χ4n) is 1.78. The SMILES string of the molecule is CCCCOc1ccc(C(=O)NCCCOC)cc1OC. The van der Waals surface area contributed by atoms with E-state index in [1.807, 2.05) is 0 Å². The van der Waals surface area contributed by atoms with Gasteiger partial charge >= 0.3 is 0 Å². The van der Waals surface area contributed by atoms with E-state index in [0.29, 0.717) is 36.8 Å². The maximum atomic E-state index is 12.0. The molecule has 0 bridgehead atoms. The van der Waals surface area contributed by atoms with Crippen LogP contribution in [0, 0.1) is 0 Å². The Morgan fingerprint density at radius 2 is 1.95 bits per heavy atom. The van der Waals surface area contributed by atoms with Crippen molar-refractivity contribution in [2.24, 2.45) is 0 Å². The van der Waals surface area contributed by atoms with Gasteiger partial charge in [-0.25, -0.2) is 0 Å². The molecule has 0 aromatic heterocycles. The molecule has 0 radical (unpaired) electrons. The number of methoxy groups -OCH3 is 2. The van der Waals surface area contributed by atoms with E-state index < -0.39 is 0 Å². The van der Waals surface area contributed by atoms with Crippen molar-refractivity contribution in [2.75, 3.05) is 34.0 Å². The van der Waals surface area contributed by atoms with Crippen molar-refractivity contribution >= 4 is 5.91 Å². The van der Waals surface area contributed by atoms with Gasteiger partial charge in [-0.15, -0.1) is 0 Å². The van der Waals surface area contributed by atoms with E-state index in [4.69, 9.17) is 14.2 Å². The summed E-state index contributed by atoms with van der Waals surface area (Å²) in [6.07, 6.45) is 2.85. The topological polar surface area (TPSA) is 56.8 Å². The van der Waals surface area contributed by atoms with Gasteiger partial charge in [0.2, 0.25) is 0 Å². The molecule has 0 heterocycles. The van der Waals surface area contributed by atoms with Gasteiger partial charge in [-0.05, 0) is 31.0 Å². The van der Waals surface area contributed by atoms with E-state index in [-0.39, 0.29) is 5.91 Å². The summed E-state index contributed by atoms with van der Waals surface area (Å²) in [6, 6.07) is 5.22. The van der Waals surface area contributed by atoms with Gasteiger partial charge in [0.1, 0.15) is 0 Å². The van der Waals surface area contributed by atoms with Crippen LogP contribution in [0.4, 0.5) is 0 Å². The minimum Gasteiger partial charge on any atom is -0.493 e. The molecule has 1 aromatic rings. The second-order valence-electron chi connectivity index (χ2n) is 4.67. The van der Waals surface area contributed by atoms with E-state index in [1.165, 1.54) is 0 Å². The summed E-state index contributed by atoms with van der Waals surface area (Å²) >= 11 is 0. The monoisotopic (exact) mass is 295 g/mol. The van der Waals surface area contributed by atoms with E-state index in [2.05, 4.69) is 12.2 Å². The first-order valence-electron chi connectivity index (χ1n) is 7.30. The van der Waals surface area contributed by atoms with Crippen LogP contribution in [-0.2, 0) is 4.74 Å². The number of carbonyl (C=O) groups is 1. The number of rotatable bonds is 10. The fraction of sp³-hybridized carbons (Fsp3) is 0.562. The molecule has 0 atom stereocenters. The highest BCUT2D eigenvalue weighted by molar-refractivity contribution is 5.94. The van der Waals surface area contributed by atoms with Crippen molar-refractivity contribution in [3.63, 3.8) is 0 Å². The molecule has 0 fully saturated rings. The van der Waals surface area contributed by atoms with Gasteiger partial charge in [-0.2, -0.15) is 0 Å².